The Kier molecular flexibility index (Phi) is 5.38. The molecule has 1 amide bonds. The number of hydrogen-bond donors (Lipinski definition) is 0. The maximum atomic E-state index is 13.3. The molecule has 0 atom stereocenters. The van der Waals surface area contributed by atoms with E-state index in [2.05, 4.69) is 4.99 Å². The SMILES string of the molecule is COc1ccc(N2C(=O)/C(=C\c3ccc(Cl)cc3)N=C2c2ccccc2Cl)cc1. The first-order valence-corrected chi connectivity index (χ1v) is 9.62. The Balaban J connectivity index is 1.82. The standard InChI is InChI=1S/C23H16Cl2N2O2/c1-29-18-12-10-17(11-13-18)27-22(19-4-2-3-5-20(19)25)26-21(23(27)28)14-15-6-8-16(24)9-7-15/h2-14H,1H3/b21-14+. The van der Waals surface area contributed by atoms with E-state index in [1.807, 2.05) is 42.5 Å². The van der Waals surface area contributed by atoms with E-state index in [0.29, 0.717) is 38.6 Å². The first-order valence-electron chi connectivity index (χ1n) is 8.86. The third-order valence-corrected chi connectivity index (χ3v) is 5.06. The number of amidine groups is 1. The molecule has 0 aliphatic carbocycles. The summed E-state index contributed by atoms with van der Waals surface area (Å²) in [6, 6.07) is 21.8. The summed E-state index contributed by atoms with van der Waals surface area (Å²) < 4.78 is 5.22. The number of aliphatic imine (C=N–C) groups is 1. The highest BCUT2D eigenvalue weighted by atomic mass is 35.5. The summed E-state index contributed by atoms with van der Waals surface area (Å²) in [5.41, 5.74) is 2.50. The molecule has 29 heavy (non-hydrogen) atoms. The van der Waals surface area contributed by atoms with Crippen molar-refractivity contribution in [2.45, 2.75) is 0 Å². The predicted octanol–water partition coefficient (Wildman–Crippen LogP) is 5.84. The van der Waals surface area contributed by atoms with Crippen molar-refractivity contribution in [3.8, 4) is 5.75 Å². The van der Waals surface area contributed by atoms with Gasteiger partial charge in [0.05, 0.1) is 17.8 Å². The van der Waals surface area contributed by atoms with E-state index >= 15 is 0 Å². The highest BCUT2D eigenvalue weighted by molar-refractivity contribution is 6.39. The van der Waals surface area contributed by atoms with Gasteiger partial charge in [0.1, 0.15) is 17.3 Å². The normalized spacial score (nSPS) is 15.0. The first kappa shape index (κ1) is 19.2. The lowest BCUT2D eigenvalue weighted by molar-refractivity contribution is -0.113. The Morgan fingerprint density at radius 3 is 2.28 bits per heavy atom. The number of hydrogen-bond acceptors (Lipinski definition) is 3. The van der Waals surface area contributed by atoms with Crippen molar-refractivity contribution < 1.29 is 9.53 Å². The van der Waals surface area contributed by atoms with E-state index in [0.717, 1.165) is 5.56 Å². The molecule has 0 bridgehead atoms. The highest BCUT2D eigenvalue weighted by Gasteiger charge is 2.33. The molecule has 0 unspecified atom stereocenters. The van der Waals surface area contributed by atoms with Gasteiger partial charge in [-0.25, -0.2) is 4.99 Å². The Hall–Kier alpha value is -3.08. The summed E-state index contributed by atoms with van der Waals surface area (Å²) in [7, 11) is 1.60. The van der Waals surface area contributed by atoms with Gasteiger partial charge >= 0.3 is 0 Å². The second-order valence-corrected chi connectivity index (χ2v) is 7.18. The van der Waals surface area contributed by atoms with Crippen molar-refractivity contribution in [2.75, 3.05) is 12.0 Å². The molecule has 1 aliphatic heterocycles. The van der Waals surface area contributed by atoms with Crippen LogP contribution in [-0.2, 0) is 4.79 Å². The third kappa shape index (κ3) is 3.90. The van der Waals surface area contributed by atoms with Gasteiger partial charge < -0.3 is 4.74 Å². The van der Waals surface area contributed by atoms with Crippen molar-refractivity contribution in [3.63, 3.8) is 0 Å². The number of halogens is 2. The van der Waals surface area contributed by atoms with Crippen LogP contribution in [0.5, 0.6) is 5.75 Å². The van der Waals surface area contributed by atoms with Gasteiger partial charge in [0, 0.05) is 10.6 Å². The average Bonchev–Trinajstić information content (AvgIpc) is 3.06. The number of rotatable bonds is 4. The van der Waals surface area contributed by atoms with Crippen LogP contribution in [0, 0.1) is 0 Å². The molecule has 144 valence electrons. The Labute approximate surface area is 178 Å². The molecule has 6 heteroatoms. The van der Waals surface area contributed by atoms with Crippen LogP contribution in [0.25, 0.3) is 6.08 Å². The fourth-order valence-electron chi connectivity index (χ4n) is 3.03. The molecule has 0 saturated carbocycles. The fourth-order valence-corrected chi connectivity index (χ4v) is 3.37. The van der Waals surface area contributed by atoms with Gasteiger partial charge in [-0.15, -0.1) is 0 Å². The monoisotopic (exact) mass is 422 g/mol. The molecule has 0 radical (unpaired) electrons. The van der Waals surface area contributed by atoms with Crippen LogP contribution in [0.1, 0.15) is 11.1 Å². The lowest BCUT2D eigenvalue weighted by atomic mass is 10.1. The largest absolute Gasteiger partial charge is 0.497 e. The van der Waals surface area contributed by atoms with Crippen LogP contribution in [0.3, 0.4) is 0 Å². The van der Waals surface area contributed by atoms with E-state index in [4.69, 9.17) is 27.9 Å². The molecule has 0 N–H and O–H groups in total. The maximum Gasteiger partial charge on any atom is 0.282 e. The van der Waals surface area contributed by atoms with Crippen LogP contribution < -0.4 is 9.64 Å². The summed E-state index contributed by atoms with van der Waals surface area (Å²) in [5, 5.41) is 1.15. The summed E-state index contributed by atoms with van der Waals surface area (Å²) in [4.78, 5) is 19.5. The van der Waals surface area contributed by atoms with Gasteiger partial charge in [0.25, 0.3) is 5.91 Å². The summed E-state index contributed by atoms with van der Waals surface area (Å²) in [6.07, 6.45) is 1.74. The van der Waals surface area contributed by atoms with E-state index in [9.17, 15) is 4.79 Å². The number of methoxy groups -OCH3 is 1. The molecule has 1 heterocycles. The molecule has 1 aliphatic rings. The van der Waals surface area contributed by atoms with Gasteiger partial charge in [-0.05, 0) is 60.2 Å². The number of ether oxygens (including phenoxy) is 1. The quantitative estimate of drug-likeness (QED) is 0.495. The minimum atomic E-state index is -0.236. The summed E-state index contributed by atoms with van der Waals surface area (Å²) in [5.74, 6) is 0.944. The average molecular weight is 423 g/mol. The van der Waals surface area contributed by atoms with Gasteiger partial charge in [-0.3, -0.25) is 9.69 Å². The van der Waals surface area contributed by atoms with Crippen molar-refractivity contribution >= 4 is 46.7 Å². The number of amides is 1. The highest BCUT2D eigenvalue weighted by Crippen LogP contribution is 2.31. The topological polar surface area (TPSA) is 41.9 Å². The van der Waals surface area contributed by atoms with E-state index in [1.165, 1.54) is 0 Å². The lowest BCUT2D eigenvalue weighted by Gasteiger charge is -2.19. The van der Waals surface area contributed by atoms with Crippen molar-refractivity contribution in [2.24, 2.45) is 4.99 Å². The van der Waals surface area contributed by atoms with Crippen molar-refractivity contribution in [1.82, 2.24) is 0 Å². The minimum absolute atomic E-state index is 0.236. The van der Waals surface area contributed by atoms with Gasteiger partial charge in [0.2, 0.25) is 0 Å². The lowest BCUT2D eigenvalue weighted by Crippen LogP contribution is -2.32. The zero-order valence-electron chi connectivity index (χ0n) is 15.5. The van der Waals surface area contributed by atoms with Gasteiger partial charge in [-0.2, -0.15) is 0 Å². The Morgan fingerprint density at radius 1 is 0.931 bits per heavy atom. The second-order valence-electron chi connectivity index (χ2n) is 6.33. The molecular formula is C23H16Cl2N2O2. The molecule has 0 saturated heterocycles. The van der Waals surface area contributed by atoms with Crippen LogP contribution in [-0.4, -0.2) is 18.9 Å². The van der Waals surface area contributed by atoms with Crippen LogP contribution >= 0.6 is 23.2 Å². The fraction of sp³-hybridized carbons (Fsp3) is 0.0435. The third-order valence-electron chi connectivity index (χ3n) is 4.48. The first-order chi connectivity index (χ1) is 14.1. The summed E-state index contributed by atoms with van der Waals surface area (Å²) >= 11 is 12.4. The molecule has 4 nitrogen and oxygen atoms in total. The molecule has 0 aromatic heterocycles. The number of anilines is 1. The van der Waals surface area contributed by atoms with Crippen molar-refractivity contribution in [1.29, 1.82) is 0 Å². The Bertz CT molecular complexity index is 1120. The van der Waals surface area contributed by atoms with Crippen molar-refractivity contribution in [3.05, 3.63) is 99.7 Å². The number of carbonyl (C=O) groups excluding carboxylic acids is 1. The zero-order valence-corrected chi connectivity index (χ0v) is 17.0. The zero-order chi connectivity index (χ0) is 20.4. The predicted molar refractivity (Wildman–Crippen MR) is 118 cm³/mol. The van der Waals surface area contributed by atoms with E-state index in [1.54, 1.807) is 48.4 Å². The number of carbonyl (C=O) groups is 1. The van der Waals surface area contributed by atoms with Crippen LogP contribution in [0.15, 0.2) is 83.5 Å². The van der Waals surface area contributed by atoms with Crippen LogP contribution in [0.4, 0.5) is 5.69 Å². The molecule has 3 aromatic carbocycles. The van der Waals surface area contributed by atoms with Gasteiger partial charge in [-0.1, -0.05) is 47.5 Å². The molecule has 3 aromatic rings. The van der Waals surface area contributed by atoms with E-state index in [-0.39, 0.29) is 5.91 Å². The molecule has 0 fully saturated rings. The Morgan fingerprint density at radius 2 is 1.62 bits per heavy atom. The minimum Gasteiger partial charge on any atom is -0.497 e. The van der Waals surface area contributed by atoms with E-state index < -0.39 is 0 Å². The summed E-state index contributed by atoms with van der Waals surface area (Å²) in [6.45, 7) is 0. The maximum absolute atomic E-state index is 13.3. The molecule has 4 rings (SSSR count). The second kappa shape index (κ2) is 8.11. The van der Waals surface area contributed by atoms with Gasteiger partial charge in [0.15, 0.2) is 0 Å². The number of benzene rings is 3. The number of nitrogens with zero attached hydrogens (tertiary/aromatic N) is 2. The smallest absolute Gasteiger partial charge is 0.282 e. The molecular weight excluding hydrogens is 407 g/mol. The van der Waals surface area contributed by atoms with Crippen LogP contribution in [0.2, 0.25) is 10.0 Å². The molecule has 0 spiro atoms.